The Hall–Kier alpha value is -2.34. The maximum atomic E-state index is 9.45. The average Bonchev–Trinajstić information content (AvgIpc) is 2.92. The molecule has 0 radical (unpaired) electrons. The van der Waals surface area contributed by atoms with E-state index in [1.54, 1.807) is 7.11 Å². The first-order valence-electron chi connectivity index (χ1n) is 14.0. The highest BCUT2D eigenvalue weighted by Crippen LogP contribution is 2.35. The lowest BCUT2D eigenvalue weighted by Gasteiger charge is -2.22. The summed E-state index contributed by atoms with van der Waals surface area (Å²) in [6.07, 6.45) is 9.46. The van der Waals surface area contributed by atoms with Crippen LogP contribution in [0.5, 0.6) is 11.5 Å². The van der Waals surface area contributed by atoms with Crippen LogP contribution in [0, 0.1) is 18.8 Å². The lowest BCUT2D eigenvalue weighted by Crippen LogP contribution is -2.12. The summed E-state index contributed by atoms with van der Waals surface area (Å²) in [6, 6.07) is 11.8. The van der Waals surface area contributed by atoms with Gasteiger partial charge in [0.15, 0.2) is 11.5 Å². The Morgan fingerprint density at radius 2 is 1.50 bits per heavy atom. The van der Waals surface area contributed by atoms with Crippen molar-refractivity contribution in [2.75, 3.05) is 26.1 Å². The molecule has 6 heteroatoms. The highest BCUT2D eigenvalue weighted by molar-refractivity contribution is 9.10. The number of hydrogen-bond acceptors (Lipinski definition) is 5. The van der Waals surface area contributed by atoms with E-state index in [-0.39, 0.29) is 5.75 Å². The van der Waals surface area contributed by atoms with Crippen molar-refractivity contribution in [1.82, 2.24) is 9.97 Å². The van der Waals surface area contributed by atoms with Crippen molar-refractivity contribution in [3.05, 3.63) is 52.3 Å². The van der Waals surface area contributed by atoms with Crippen LogP contribution in [0.15, 0.2) is 40.9 Å². The van der Waals surface area contributed by atoms with Gasteiger partial charge in [0.2, 0.25) is 0 Å². The number of ether oxygens (including phenoxy) is 1. The lowest BCUT2D eigenvalue weighted by atomic mass is 9.84. The van der Waals surface area contributed by atoms with Crippen molar-refractivity contribution in [1.29, 1.82) is 0 Å². The normalized spacial score (nSPS) is 16.2. The zero-order chi connectivity index (χ0) is 28.7. The zero-order valence-corrected chi connectivity index (χ0v) is 26.7. The van der Waals surface area contributed by atoms with Crippen molar-refractivity contribution < 1.29 is 9.84 Å². The van der Waals surface area contributed by atoms with Gasteiger partial charge in [-0.05, 0) is 70.9 Å². The molecule has 1 heterocycles. The third-order valence-corrected chi connectivity index (χ3v) is 7.24. The summed E-state index contributed by atoms with van der Waals surface area (Å²) in [5.41, 5.74) is 2.14. The molecule has 0 atom stereocenters. The Balaban J connectivity index is 0.000000274. The molecule has 3 aromatic rings. The number of phenols is 1. The molecule has 1 aliphatic carbocycles. The van der Waals surface area contributed by atoms with Crippen molar-refractivity contribution in [3.63, 3.8) is 0 Å². The van der Waals surface area contributed by atoms with Gasteiger partial charge in [-0.15, -0.1) is 0 Å². The summed E-state index contributed by atoms with van der Waals surface area (Å²) in [5, 5.41) is 10.5. The highest BCUT2D eigenvalue weighted by Gasteiger charge is 2.13. The summed E-state index contributed by atoms with van der Waals surface area (Å²) in [5.74, 6) is 4.51. The van der Waals surface area contributed by atoms with Crippen LogP contribution in [-0.2, 0) is 6.42 Å². The highest BCUT2D eigenvalue weighted by atomic mass is 79.9. The van der Waals surface area contributed by atoms with Gasteiger partial charge in [-0.25, -0.2) is 9.97 Å². The summed E-state index contributed by atoms with van der Waals surface area (Å²) in [7, 11) is 5.53. The first-order valence-corrected chi connectivity index (χ1v) is 14.8. The van der Waals surface area contributed by atoms with E-state index in [4.69, 9.17) is 4.74 Å². The van der Waals surface area contributed by atoms with Crippen LogP contribution in [0.1, 0.15) is 84.5 Å². The first kappa shape index (κ1) is 33.7. The topological polar surface area (TPSA) is 58.5 Å². The fourth-order valence-electron chi connectivity index (χ4n) is 3.93. The van der Waals surface area contributed by atoms with E-state index in [1.165, 1.54) is 38.5 Å². The third kappa shape index (κ3) is 11.6. The molecule has 5 nitrogen and oxygen atoms in total. The Labute approximate surface area is 240 Å². The summed E-state index contributed by atoms with van der Waals surface area (Å²) in [6.45, 7) is 13.1. The fourth-order valence-corrected chi connectivity index (χ4v) is 4.42. The number of para-hydroxylation sites is 1. The molecule has 0 unspecified atom stereocenters. The van der Waals surface area contributed by atoms with Gasteiger partial charge in [0, 0.05) is 19.5 Å². The second-order valence-corrected chi connectivity index (χ2v) is 11.2. The van der Waals surface area contributed by atoms with Crippen LogP contribution < -0.4 is 9.64 Å². The van der Waals surface area contributed by atoms with E-state index in [0.29, 0.717) is 10.2 Å². The van der Waals surface area contributed by atoms with Gasteiger partial charge in [0.25, 0.3) is 0 Å². The molecular formula is C32H50BrN3O2. The van der Waals surface area contributed by atoms with Gasteiger partial charge >= 0.3 is 0 Å². The molecular weight excluding hydrogens is 538 g/mol. The van der Waals surface area contributed by atoms with E-state index in [1.807, 2.05) is 62.3 Å². The number of hydrogen-bond donors (Lipinski definition) is 1. The molecule has 1 fully saturated rings. The number of aromatic hydroxyl groups is 1. The van der Waals surface area contributed by atoms with Crippen LogP contribution in [-0.4, -0.2) is 36.3 Å². The molecule has 212 valence electrons. The van der Waals surface area contributed by atoms with E-state index in [9.17, 15) is 5.11 Å². The van der Waals surface area contributed by atoms with Crippen molar-refractivity contribution in [2.24, 2.45) is 11.8 Å². The molecule has 2 aromatic carbocycles. The number of fused-ring (bicyclic) bond motifs is 1. The number of phenolic OH excluding ortho intramolecular Hbond substituents is 1. The number of aromatic nitrogens is 2. The van der Waals surface area contributed by atoms with Gasteiger partial charge in [-0.2, -0.15) is 0 Å². The molecule has 38 heavy (non-hydrogen) atoms. The molecule has 1 N–H and O–H groups in total. The van der Waals surface area contributed by atoms with Crippen molar-refractivity contribution >= 4 is 32.7 Å². The Morgan fingerprint density at radius 3 is 1.97 bits per heavy atom. The van der Waals surface area contributed by atoms with Crippen LogP contribution in [0.2, 0.25) is 0 Å². The second kappa shape index (κ2) is 18.0. The van der Waals surface area contributed by atoms with Gasteiger partial charge in [-0.3, -0.25) is 0 Å². The maximum absolute atomic E-state index is 9.45. The van der Waals surface area contributed by atoms with Gasteiger partial charge < -0.3 is 14.7 Å². The minimum absolute atomic E-state index is 0.162. The van der Waals surface area contributed by atoms with Crippen LogP contribution in [0.4, 0.5) is 5.82 Å². The van der Waals surface area contributed by atoms with Crippen LogP contribution >= 0.6 is 15.9 Å². The summed E-state index contributed by atoms with van der Waals surface area (Å²) < 4.78 is 5.67. The number of unbranched alkanes of at least 4 members (excludes halogenated alkanes) is 1. The minimum atomic E-state index is 0.162. The standard InChI is InChI=1S/C11H13N3.C9H11BrO2.C8H16.C4H10/c1-8-12-10-7-5-4-6-9(10)11(13-8)14(2)3;1-3-6-4-7(10)9(11)8(5-6)12-2;1-7-3-5-8(2)6-4-7;1-3-4-2/h4-7H,1-3H3;4-5,11H,3H2,1-2H3;7-8H,3-6H2,1-2H3;3-4H2,1-2H3. The maximum Gasteiger partial charge on any atom is 0.172 e. The van der Waals surface area contributed by atoms with Gasteiger partial charge in [0.05, 0.1) is 17.1 Å². The molecule has 1 aromatic heterocycles. The Kier molecular flexibility index (Phi) is 16.0. The van der Waals surface area contributed by atoms with Crippen LogP contribution in [0.25, 0.3) is 10.9 Å². The Morgan fingerprint density at radius 1 is 0.947 bits per heavy atom. The molecule has 0 spiro atoms. The lowest BCUT2D eigenvalue weighted by molar-refractivity contribution is 0.308. The van der Waals surface area contributed by atoms with Gasteiger partial charge in [-0.1, -0.05) is 85.3 Å². The molecule has 1 saturated carbocycles. The van der Waals surface area contributed by atoms with Gasteiger partial charge in [0.1, 0.15) is 11.6 Å². The van der Waals surface area contributed by atoms with Crippen LogP contribution in [0.3, 0.4) is 0 Å². The Bertz CT molecular complexity index is 1070. The number of benzene rings is 2. The molecule has 0 saturated heterocycles. The van der Waals surface area contributed by atoms with Crippen molar-refractivity contribution in [3.8, 4) is 11.5 Å². The molecule has 0 bridgehead atoms. The number of halogens is 1. The average molecular weight is 589 g/mol. The zero-order valence-electron chi connectivity index (χ0n) is 25.1. The number of aryl methyl sites for hydroxylation is 2. The largest absolute Gasteiger partial charge is 0.503 e. The summed E-state index contributed by atoms with van der Waals surface area (Å²) in [4.78, 5) is 10.8. The molecule has 0 amide bonds. The third-order valence-electron chi connectivity index (χ3n) is 6.64. The number of anilines is 1. The smallest absolute Gasteiger partial charge is 0.172 e. The van der Waals surface area contributed by atoms with E-state index < -0.39 is 0 Å². The number of rotatable bonds is 4. The number of methoxy groups -OCH3 is 1. The molecule has 4 rings (SSSR count). The predicted octanol–water partition coefficient (Wildman–Crippen LogP) is 9.37. The van der Waals surface area contributed by atoms with Crippen molar-refractivity contribution in [2.45, 2.75) is 86.5 Å². The van der Waals surface area contributed by atoms with E-state index in [0.717, 1.165) is 46.4 Å². The quantitative estimate of drug-likeness (QED) is 0.329. The fraction of sp³-hybridized carbons (Fsp3) is 0.562. The monoisotopic (exact) mass is 587 g/mol. The SMILES string of the molecule is CC1CCC(C)CC1.CCCC.CCc1cc(Br)c(O)c(OC)c1.Cc1nc(N(C)C)c2ccccc2n1. The van der Waals surface area contributed by atoms with E-state index >= 15 is 0 Å². The second-order valence-electron chi connectivity index (χ2n) is 10.4. The number of nitrogens with zero attached hydrogens (tertiary/aromatic N) is 3. The van der Waals surface area contributed by atoms with E-state index in [2.05, 4.69) is 60.5 Å². The predicted molar refractivity (Wildman–Crippen MR) is 168 cm³/mol. The molecule has 1 aliphatic rings. The summed E-state index contributed by atoms with van der Waals surface area (Å²) >= 11 is 3.25. The first-order chi connectivity index (χ1) is 18.1. The minimum Gasteiger partial charge on any atom is -0.503 e. The molecule has 0 aliphatic heterocycles.